The quantitative estimate of drug-likeness (QED) is 0.501. The molecule has 0 aromatic heterocycles. The Morgan fingerprint density at radius 1 is 1.14 bits per heavy atom. The van der Waals surface area contributed by atoms with Crippen molar-refractivity contribution in [3.05, 3.63) is 11.6 Å². The van der Waals surface area contributed by atoms with Gasteiger partial charge in [0.05, 0.1) is 12.5 Å². The van der Waals surface area contributed by atoms with E-state index in [0.29, 0.717) is 31.4 Å². The summed E-state index contributed by atoms with van der Waals surface area (Å²) in [5, 5.41) is 0. The van der Waals surface area contributed by atoms with Crippen molar-refractivity contribution in [1.29, 1.82) is 0 Å². The normalized spacial score (nSPS) is 13.7. The Bertz CT molecular complexity index is 363. The Balaban J connectivity index is 4.64. The minimum atomic E-state index is -0.478. The number of ether oxygens (including phenoxy) is 2. The van der Waals surface area contributed by atoms with Gasteiger partial charge in [0.25, 0.3) is 0 Å². The van der Waals surface area contributed by atoms with E-state index >= 15 is 0 Å². The lowest BCUT2D eigenvalue weighted by molar-refractivity contribution is -0.160. The van der Waals surface area contributed by atoms with Crippen LogP contribution in [0.2, 0.25) is 0 Å². The topological polar surface area (TPSA) is 52.6 Å². The van der Waals surface area contributed by atoms with Crippen molar-refractivity contribution >= 4 is 11.9 Å². The van der Waals surface area contributed by atoms with E-state index in [0.717, 1.165) is 6.42 Å². The molecule has 0 aliphatic rings. The molecule has 0 saturated heterocycles. The third-order valence-corrected chi connectivity index (χ3v) is 2.98. The highest BCUT2D eigenvalue weighted by atomic mass is 16.6. The summed E-state index contributed by atoms with van der Waals surface area (Å²) in [5.41, 5.74) is 0.176. The molecular weight excluding hydrogens is 268 g/mol. The van der Waals surface area contributed by atoms with Crippen molar-refractivity contribution in [2.75, 3.05) is 6.61 Å². The van der Waals surface area contributed by atoms with E-state index in [1.165, 1.54) is 0 Å². The zero-order valence-electron chi connectivity index (χ0n) is 14.3. The van der Waals surface area contributed by atoms with Crippen molar-refractivity contribution in [1.82, 2.24) is 0 Å². The summed E-state index contributed by atoms with van der Waals surface area (Å²) in [6, 6.07) is 0. The molecule has 0 bridgehead atoms. The largest absolute Gasteiger partial charge is 0.463 e. The number of hydrogen-bond donors (Lipinski definition) is 0. The summed E-state index contributed by atoms with van der Waals surface area (Å²) in [4.78, 5) is 23.9. The highest BCUT2D eigenvalue weighted by Crippen LogP contribution is 2.21. The molecule has 0 spiro atoms. The molecule has 0 amide bonds. The van der Waals surface area contributed by atoms with Gasteiger partial charge >= 0.3 is 11.9 Å². The zero-order chi connectivity index (χ0) is 16.5. The Morgan fingerprint density at radius 2 is 1.76 bits per heavy atom. The molecule has 0 aromatic rings. The fourth-order valence-corrected chi connectivity index (χ4v) is 1.96. The second kappa shape index (κ2) is 9.59. The Hall–Kier alpha value is -1.32. The SMILES string of the molecule is CCC=C(CCC(CC)C(=O)OC(C)(C)C)C(=O)OCC. The van der Waals surface area contributed by atoms with Crippen LogP contribution in [0, 0.1) is 5.92 Å². The van der Waals surface area contributed by atoms with Gasteiger partial charge in [0.2, 0.25) is 0 Å². The van der Waals surface area contributed by atoms with Crippen molar-refractivity contribution < 1.29 is 19.1 Å². The van der Waals surface area contributed by atoms with Gasteiger partial charge < -0.3 is 9.47 Å². The van der Waals surface area contributed by atoms with E-state index in [1.54, 1.807) is 6.92 Å². The van der Waals surface area contributed by atoms with Gasteiger partial charge in [0.15, 0.2) is 0 Å². The summed E-state index contributed by atoms with van der Waals surface area (Å²) in [5.74, 6) is -0.651. The molecule has 21 heavy (non-hydrogen) atoms. The maximum Gasteiger partial charge on any atom is 0.333 e. The van der Waals surface area contributed by atoms with Crippen LogP contribution < -0.4 is 0 Å². The van der Waals surface area contributed by atoms with Gasteiger partial charge in [-0.25, -0.2) is 4.79 Å². The molecule has 1 unspecified atom stereocenters. The van der Waals surface area contributed by atoms with E-state index in [-0.39, 0.29) is 17.9 Å². The minimum absolute atomic E-state index is 0.182. The molecular formula is C17H30O4. The van der Waals surface area contributed by atoms with Crippen molar-refractivity contribution in [3.63, 3.8) is 0 Å². The van der Waals surface area contributed by atoms with Crippen LogP contribution in [0.3, 0.4) is 0 Å². The van der Waals surface area contributed by atoms with Gasteiger partial charge in [-0.15, -0.1) is 0 Å². The molecule has 0 heterocycles. The zero-order valence-corrected chi connectivity index (χ0v) is 14.3. The van der Waals surface area contributed by atoms with E-state index in [9.17, 15) is 9.59 Å². The number of hydrogen-bond acceptors (Lipinski definition) is 4. The van der Waals surface area contributed by atoms with Gasteiger partial charge in [-0.2, -0.15) is 0 Å². The first kappa shape index (κ1) is 19.7. The standard InChI is InChI=1S/C17H30O4/c1-7-10-14(15(18)20-9-3)12-11-13(8-2)16(19)21-17(4,5)6/h10,13H,7-9,11-12H2,1-6H3. The van der Waals surface area contributed by atoms with Crippen LogP contribution in [0.5, 0.6) is 0 Å². The lowest BCUT2D eigenvalue weighted by Crippen LogP contribution is -2.28. The highest BCUT2D eigenvalue weighted by molar-refractivity contribution is 5.88. The number of esters is 2. The Morgan fingerprint density at radius 3 is 2.19 bits per heavy atom. The summed E-state index contributed by atoms with van der Waals surface area (Å²) in [7, 11) is 0. The minimum Gasteiger partial charge on any atom is -0.463 e. The molecule has 0 N–H and O–H groups in total. The van der Waals surface area contributed by atoms with Gasteiger partial charge in [0, 0.05) is 5.57 Å². The molecule has 0 rings (SSSR count). The maximum absolute atomic E-state index is 12.1. The second-order valence-corrected chi connectivity index (χ2v) is 6.04. The van der Waals surface area contributed by atoms with E-state index < -0.39 is 5.60 Å². The van der Waals surface area contributed by atoms with Crippen molar-refractivity contribution in [3.8, 4) is 0 Å². The first-order valence-corrected chi connectivity index (χ1v) is 7.84. The predicted octanol–water partition coefficient (Wildman–Crippen LogP) is 4.03. The predicted molar refractivity (Wildman–Crippen MR) is 83.9 cm³/mol. The first-order chi connectivity index (χ1) is 9.75. The second-order valence-electron chi connectivity index (χ2n) is 6.04. The molecule has 0 saturated carbocycles. The molecule has 122 valence electrons. The van der Waals surface area contributed by atoms with Gasteiger partial charge in [-0.1, -0.05) is 19.9 Å². The van der Waals surface area contributed by atoms with E-state index in [2.05, 4.69) is 0 Å². The van der Waals surface area contributed by atoms with Crippen LogP contribution in [-0.4, -0.2) is 24.1 Å². The molecule has 4 heteroatoms. The molecule has 0 radical (unpaired) electrons. The third-order valence-electron chi connectivity index (χ3n) is 2.98. The molecule has 1 atom stereocenters. The van der Waals surface area contributed by atoms with Gasteiger partial charge in [-0.05, 0) is 53.4 Å². The van der Waals surface area contributed by atoms with Gasteiger partial charge in [-0.3, -0.25) is 4.79 Å². The van der Waals surface area contributed by atoms with Crippen molar-refractivity contribution in [2.45, 2.75) is 72.8 Å². The molecule has 4 nitrogen and oxygen atoms in total. The Labute approximate surface area is 128 Å². The summed E-state index contributed by atoms with van der Waals surface area (Å²) in [6.07, 6.45) is 4.51. The third kappa shape index (κ3) is 8.53. The molecule has 0 fully saturated rings. The monoisotopic (exact) mass is 298 g/mol. The van der Waals surface area contributed by atoms with Crippen LogP contribution in [0.4, 0.5) is 0 Å². The van der Waals surface area contributed by atoms with Crippen LogP contribution in [0.25, 0.3) is 0 Å². The average molecular weight is 298 g/mol. The number of allylic oxidation sites excluding steroid dienone is 1. The number of carbonyl (C=O) groups excluding carboxylic acids is 2. The summed E-state index contributed by atoms with van der Waals surface area (Å²) in [6.45, 7) is 11.7. The average Bonchev–Trinajstić information content (AvgIpc) is 2.36. The summed E-state index contributed by atoms with van der Waals surface area (Å²) >= 11 is 0. The fraction of sp³-hybridized carbons (Fsp3) is 0.765. The van der Waals surface area contributed by atoms with Crippen LogP contribution in [0.15, 0.2) is 11.6 Å². The van der Waals surface area contributed by atoms with Crippen molar-refractivity contribution in [2.24, 2.45) is 5.92 Å². The van der Waals surface area contributed by atoms with Gasteiger partial charge in [0.1, 0.15) is 5.60 Å². The van der Waals surface area contributed by atoms with Crippen LogP contribution in [-0.2, 0) is 19.1 Å². The smallest absolute Gasteiger partial charge is 0.333 e. The van der Waals surface area contributed by atoms with Crippen LogP contribution in [0.1, 0.15) is 67.2 Å². The number of carbonyl (C=O) groups is 2. The maximum atomic E-state index is 12.1. The molecule has 0 aromatic carbocycles. The first-order valence-electron chi connectivity index (χ1n) is 7.84. The van der Waals surface area contributed by atoms with Crippen LogP contribution >= 0.6 is 0 Å². The highest BCUT2D eigenvalue weighted by Gasteiger charge is 2.24. The lowest BCUT2D eigenvalue weighted by atomic mass is 9.96. The van der Waals surface area contributed by atoms with E-state index in [1.807, 2.05) is 40.7 Å². The Kier molecular flexibility index (Phi) is 8.98. The molecule has 0 aliphatic carbocycles. The summed E-state index contributed by atoms with van der Waals surface area (Å²) < 4.78 is 10.5. The molecule has 0 aliphatic heterocycles. The van der Waals surface area contributed by atoms with E-state index in [4.69, 9.17) is 9.47 Å². The fourth-order valence-electron chi connectivity index (χ4n) is 1.96. The lowest BCUT2D eigenvalue weighted by Gasteiger charge is -2.23. The number of rotatable bonds is 8.